The number of para-hydroxylation sites is 1. The van der Waals surface area contributed by atoms with Crippen LogP contribution in [0.1, 0.15) is 19.4 Å². The summed E-state index contributed by atoms with van der Waals surface area (Å²) >= 11 is 0. The molecule has 2 aromatic rings. The number of nitrogens with zero attached hydrogens (tertiary/aromatic N) is 3. The van der Waals surface area contributed by atoms with Gasteiger partial charge in [0.15, 0.2) is 0 Å². The molecule has 1 aromatic heterocycles. The lowest BCUT2D eigenvalue weighted by atomic mass is 10.0. The van der Waals surface area contributed by atoms with Gasteiger partial charge >= 0.3 is 12.1 Å². The number of hydrogen-bond donors (Lipinski definition) is 4. The minimum absolute atomic E-state index is 0.000958. The molecule has 0 radical (unpaired) electrons. The number of nitrogens with two attached hydrogens (primary N) is 1. The molecule has 2 atom stereocenters. The van der Waals surface area contributed by atoms with Gasteiger partial charge in [0.1, 0.15) is 12.1 Å². The number of carbonyl (C=O) groups excluding carboxylic acids is 4. The highest BCUT2D eigenvalue weighted by atomic mass is 16.5. The molecule has 2 fully saturated rings. The highest BCUT2D eigenvalue weighted by molar-refractivity contribution is 5.93. The fourth-order valence-corrected chi connectivity index (χ4v) is 4.71. The second-order valence-electron chi connectivity index (χ2n) is 9.67. The summed E-state index contributed by atoms with van der Waals surface area (Å²) in [6.07, 6.45) is 1.98. The average molecular weight is 514 g/mol. The Morgan fingerprint density at radius 2 is 1.78 bits per heavy atom. The fourth-order valence-electron chi connectivity index (χ4n) is 4.71. The van der Waals surface area contributed by atoms with Crippen LogP contribution in [0.5, 0.6) is 0 Å². The monoisotopic (exact) mass is 513 g/mol. The summed E-state index contributed by atoms with van der Waals surface area (Å²) in [5.74, 6) is -1.22. The van der Waals surface area contributed by atoms with Crippen molar-refractivity contribution in [2.75, 3.05) is 45.9 Å². The second-order valence-corrected chi connectivity index (χ2v) is 9.67. The SMILES string of the molecule is CC(C)NC(=O)N1CCN(C(=O)N2CCOCC2)C(C(=O)NC(Cc2c[nH]c3ccccc23)C(N)=O)C1. The van der Waals surface area contributed by atoms with Gasteiger partial charge in [0, 0.05) is 55.7 Å². The summed E-state index contributed by atoms with van der Waals surface area (Å²) in [7, 11) is 0. The Labute approximate surface area is 215 Å². The molecule has 2 aliphatic heterocycles. The Kier molecular flexibility index (Phi) is 8.17. The molecule has 0 spiro atoms. The lowest BCUT2D eigenvalue weighted by molar-refractivity contribution is -0.131. The number of amides is 6. The first kappa shape index (κ1) is 26.3. The van der Waals surface area contributed by atoms with Crippen LogP contribution in [0.2, 0.25) is 0 Å². The highest BCUT2D eigenvalue weighted by Crippen LogP contribution is 2.20. The Morgan fingerprint density at radius 1 is 1.05 bits per heavy atom. The number of hydrogen-bond acceptors (Lipinski definition) is 5. The fraction of sp³-hybridized carbons (Fsp3) is 0.520. The van der Waals surface area contributed by atoms with Crippen molar-refractivity contribution in [3.05, 3.63) is 36.0 Å². The molecule has 6 amide bonds. The Bertz CT molecular complexity index is 1140. The van der Waals surface area contributed by atoms with Crippen molar-refractivity contribution in [2.24, 2.45) is 5.73 Å². The number of nitrogens with one attached hydrogen (secondary N) is 3. The van der Waals surface area contributed by atoms with Gasteiger partial charge in [-0.05, 0) is 25.5 Å². The maximum Gasteiger partial charge on any atom is 0.320 e. The van der Waals surface area contributed by atoms with Crippen LogP contribution < -0.4 is 16.4 Å². The van der Waals surface area contributed by atoms with E-state index < -0.39 is 23.9 Å². The molecule has 0 aliphatic carbocycles. The van der Waals surface area contributed by atoms with Crippen molar-refractivity contribution in [1.82, 2.24) is 30.3 Å². The quantitative estimate of drug-likeness (QED) is 0.436. The minimum Gasteiger partial charge on any atom is -0.378 e. The lowest BCUT2D eigenvalue weighted by Crippen LogP contribution is -2.66. The average Bonchev–Trinajstić information content (AvgIpc) is 3.30. The molecular formula is C25H35N7O5. The predicted octanol–water partition coefficient (Wildman–Crippen LogP) is 0.237. The third-order valence-electron chi connectivity index (χ3n) is 6.67. The molecule has 4 rings (SSSR count). The van der Waals surface area contributed by atoms with Crippen LogP contribution in [0.3, 0.4) is 0 Å². The van der Waals surface area contributed by atoms with Crippen molar-refractivity contribution in [3.8, 4) is 0 Å². The van der Waals surface area contributed by atoms with Gasteiger partial charge in [-0.2, -0.15) is 0 Å². The van der Waals surface area contributed by atoms with E-state index in [9.17, 15) is 19.2 Å². The van der Waals surface area contributed by atoms with Gasteiger partial charge in [-0.15, -0.1) is 0 Å². The number of ether oxygens (including phenoxy) is 1. The number of benzene rings is 1. The topological polar surface area (TPSA) is 153 Å². The number of fused-ring (bicyclic) bond motifs is 1. The van der Waals surface area contributed by atoms with Gasteiger partial charge in [-0.25, -0.2) is 9.59 Å². The van der Waals surface area contributed by atoms with E-state index in [2.05, 4.69) is 15.6 Å². The van der Waals surface area contributed by atoms with Crippen LogP contribution in [-0.4, -0.2) is 108 Å². The van der Waals surface area contributed by atoms with E-state index in [1.807, 2.05) is 38.1 Å². The number of aromatic amines is 1. The molecule has 2 aliphatic rings. The van der Waals surface area contributed by atoms with Gasteiger partial charge in [0.2, 0.25) is 11.8 Å². The summed E-state index contributed by atoms with van der Waals surface area (Å²) in [5, 5.41) is 6.52. The van der Waals surface area contributed by atoms with E-state index >= 15 is 0 Å². The van der Waals surface area contributed by atoms with Crippen LogP contribution in [0.25, 0.3) is 10.9 Å². The first-order valence-electron chi connectivity index (χ1n) is 12.6. The number of aromatic nitrogens is 1. The summed E-state index contributed by atoms with van der Waals surface area (Å²) in [6, 6.07) is 4.99. The number of H-pyrrole nitrogens is 1. The third-order valence-corrected chi connectivity index (χ3v) is 6.67. The number of rotatable bonds is 6. The summed E-state index contributed by atoms with van der Waals surface area (Å²) in [6.45, 7) is 5.86. The summed E-state index contributed by atoms with van der Waals surface area (Å²) < 4.78 is 5.35. The first-order valence-corrected chi connectivity index (χ1v) is 12.6. The number of piperazine rings is 1. The lowest BCUT2D eigenvalue weighted by Gasteiger charge is -2.43. The molecule has 12 heteroatoms. The standard InChI is InChI=1S/C25H35N7O5/c1-16(2)28-24(35)31-7-8-32(25(36)30-9-11-37-12-10-30)21(15-31)23(34)29-20(22(26)33)13-17-14-27-19-6-4-3-5-18(17)19/h3-6,14,16,20-21,27H,7-13,15H2,1-2H3,(H2,26,33)(H,28,35)(H,29,34). The van der Waals surface area contributed by atoms with E-state index in [4.69, 9.17) is 10.5 Å². The maximum absolute atomic E-state index is 13.6. The normalized spacial score (nSPS) is 19.1. The molecular weight excluding hydrogens is 478 g/mol. The van der Waals surface area contributed by atoms with Gasteiger partial charge in [0.05, 0.1) is 19.8 Å². The van der Waals surface area contributed by atoms with Crippen LogP contribution in [-0.2, 0) is 20.7 Å². The molecule has 2 saturated heterocycles. The smallest absolute Gasteiger partial charge is 0.320 e. The summed E-state index contributed by atoms with van der Waals surface area (Å²) in [4.78, 5) is 59.8. The maximum atomic E-state index is 13.6. The zero-order valence-electron chi connectivity index (χ0n) is 21.2. The van der Waals surface area contributed by atoms with Gasteiger partial charge in [-0.3, -0.25) is 9.59 Å². The molecule has 1 aromatic carbocycles. The van der Waals surface area contributed by atoms with Crippen LogP contribution in [0, 0.1) is 0 Å². The minimum atomic E-state index is -0.994. The number of urea groups is 2. The highest BCUT2D eigenvalue weighted by Gasteiger charge is 2.40. The van der Waals surface area contributed by atoms with Crippen molar-refractivity contribution >= 4 is 34.8 Å². The zero-order chi connectivity index (χ0) is 26.5. The van der Waals surface area contributed by atoms with E-state index in [1.54, 1.807) is 11.1 Å². The van der Waals surface area contributed by atoms with Crippen LogP contribution in [0.4, 0.5) is 9.59 Å². The van der Waals surface area contributed by atoms with E-state index in [-0.39, 0.29) is 44.2 Å². The van der Waals surface area contributed by atoms with E-state index in [0.717, 1.165) is 16.5 Å². The molecule has 5 N–H and O–H groups in total. The van der Waals surface area contributed by atoms with Gasteiger partial charge in [0.25, 0.3) is 0 Å². The van der Waals surface area contributed by atoms with E-state index in [1.165, 1.54) is 9.80 Å². The number of carbonyl (C=O) groups is 4. The molecule has 200 valence electrons. The second kappa shape index (κ2) is 11.5. The molecule has 0 bridgehead atoms. The number of primary amides is 1. The number of morpholine rings is 1. The largest absolute Gasteiger partial charge is 0.378 e. The van der Waals surface area contributed by atoms with Crippen LogP contribution in [0.15, 0.2) is 30.5 Å². The van der Waals surface area contributed by atoms with Crippen molar-refractivity contribution in [1.29, 1.82) is 0 Å². The molecule has 37 heavy (non-hydrogen) atoms. The third kappa shape index (κ3) is 6.13. The van der Waals surface area contributed by atoms with Crippen molar-refractivity contribution in [2.45, 2.75) is 38.4 Å². The van der Waals surface area contributed by atoms with Gasteiger partial charge in [-0.1, -0.05) is 18.2 Å². The predicted molar refractivity (Wildman–Crippen MR) is 137 cm³/mol. The Hall–Kier alpha value is -3.80. The Balaban J connectivity index is 1.53. The van der Waals surface area contributed by atoms with Crippen molar-refractivity contribution in [3.63, 3.8) is 0 Å². The first-order chi connectivity index (χ1) is 17.7. The van der Waals surface area contributed by atoms with Crippen LogP contribution >= 0.6 is 0 Å². The molecule has 2 unspecified atom stereocenters. The van der Waals surface area contributed by atoms with Gasteiger partial charge < -0.3 is 40.8 Å². The summed E-state index contributed by atoms with van der Waals surface area (Å²) in [5.41, 5.74) is 7.42. The molecule has 12 nitrogen and oxygen atoms in total. The zero-order valence-corrected chi connectivity index (χ0v) is 21.2. The molecule has 0 saturated carbocycles. The van der Waals surface area contributed by atoms with E-state index in [0.29, 0.717) is 26.3 Å². The molecule has 3 heterocycles. The Morgan fingerprint density at radius 3 is 2.49 bits per heavy atom. The van der Waals surface area contributed by atoms with Crippen molar-refractivity contribution < 1.29 is 23.9 Å².